The first-order valence-electron chi connectivity index (χ1n) is 13.0. The molecule has 4 aliphatic rings. The van der Waals surface area contributed by atoms with Crippen LogP contribution >= 0.6 is 11.6 Å². The molecule has 34 heavy (non-hydrogen) atoms. The standard InChI is InChI=1S/C28H40ClN3O2/c1-4-5-10-26(33)32(20-21-11-12-22-19-24(21)28(22,2)3)18-15-30-13-16-31(17-14-30)27(34)23-8-6-7-9-25(23)29/h6-9,11,22,24H,4-5,10,12-20H2,1-3H3. The molecule has 1 aromatic rings. The van der Waals surface area contributed by atoms with Gasteiger partial charge in [-0.1, -0.05) is 62.6 Å². The summed E-state index contributed by atoms with van der Waals surface area (Å²) in [4.78, 5) is 32.3. The van der Waals surface area contributed by atoms with E-state index in [9.17, 15) is 9.59 Å². The molecule has 1 aromatic carbocycles. The number of halogens is 1. The van der Waals surface area contributed by atoms with Gasteiger partial charge < -0.3 is 9.80 Å². The lowest BCUT2D eigenvalue weighted by Gasteiger charge is -2.57. The van der Waals surface area contributed by atoms with Crippen LogP contribution < -0.4 is 0 Å². The second kappa shape index (κ2) is 10.8. The Labute approximate surface area is 210 Å². The molecule has 0 aromatic heterocycles. The number of piperazine rings is 1. The Morgan fingerprint density at radius 3 is 2.53 bits per heavy atom. The van der Waals surface area contributed by atoms with Gasteiger partial charge in [0, 0.05) is 52.2 Å². The Morgan fingerprint density at radius 2 is 1.88 bits per heavy atom. The minimum Gasteiger partial charge on any atom is -0.337 e. The fourth-order valence-corrected chi connectivity index (χ4v) is 6.11. The summed E-state index contributed by atoms with van der Waals surface area (Å²) in [6, 6.07) is 7.26. The number of amides is 2. The summed E-state index contributed by atoms with van der Waals surface area (Å²) in [5, 5.41) is 0.508. The van der Waals surface area contributed by atoms with Crippen LogP contribution in [0.25, 0.3) is 0 Å². The van der Waals surface area contributed by atoms with Crippen LogP contribution in [0.4, 0.5) is 0 Å². The highest BCUT2D eigenvalue weighted by atomic mass is 35.5. The van der Waals surface area contributed by atoms with E-state index in [0.717, 1.165) is 57.9 Å². The highest BCUT2D eigenvalue weighted by Gasteiger charge is 2.51. The Morgan fingerprint density at radius 1 is 1.15 bits per heavy atom. The molecule has 5 rings (SSSR count). The zero-order valence-corrected chi connectivity index (χ0v) is 21.8. The van der Waals surface area contributed by atoms with Crippen LogP contribution in [0.3, 0.4) is 0 Å². The van der Waals surface area contributed by atoms with Crippen LogP contribution in [0.1, 0.15) is 63.2 Å². The van der Waals surface area contributed by atoms with E-state index < -0.39 is 0 Å². The van der Waals surface area contributed by atoms with Crippen LogP contribution in [0, 0.1) is 17.3 Å². The average molecular weight is 486 g/mol. The third-order valence-electron chi connectivity index (χ3n) is 8.50. The van der Waals surface area contributed by atoms with Crippen molar-refractivity contribution in [1.29, 1.82) is 0 Å². The Kier molecular flexibility index (Phi) is 8.04. The molecular formula is C28H40ClN3O2. The van der Waals surface area contributed by atoms with Crippen LogP contribution in [0.2, 0.25) is 5.02 Å². The van der Waals surface area contributed by atoms with Gasteiger partial charge in [0.1, 0.15) is 0 Å². The van der Waals surface area contributed by atoms with E-state index in [1.54, 1.807) is 12.1 Å². The van der Waals surface area contributed by atoms with Gasteiger partial charge in [0.25, 0.3) is 5.91 Å². The van der Waals surface area contributed by atoms with Gasteiger partial charge in [0.05, 0.1) is 10.6 Å². The lowest BCUT2D eigenvalue weighted by atomic mass is 9.49. The molecule has 2 atom stereocenters. The number of nitrogens with zero attached hydrogens (tertiary/aromatic N) is 3. The van der Waals surface area contributed by atoms with Gasteiger partial charge in [-0.3, -0.25) is 14.5 Å². The molecule has 2 unspecified atom stereocenters. The van der Waals surface area contributed by atoms with Crippen molar-refractivity contribution >= 4 is 23.4 Å². The van der Waals surface area contributed by atoms with Gasteiger partial charge in [-0.25, -0.2) is 0 Å². The zero-order chi connectivity index (χ0) is 24.3. The number of hydrogen-bond acceptors (Lipinski definition) is 3. The fraction of sp³-hybridized carbons (Fsp3) is 0.643. The third-order valence-corrected chi connectivity index (χ3v) is 8.83. The highest BCUT2D eigenvalue weighted by Crippen LogP contribution is 2.59. The summed E-state index contributed by atoms with van der Waals surface area (Å²) in [7, 11) is 0. The van der Waals surface area contributed by atoms with Gasteiger partial charge in [-0.2, -0.15) is 0 Å². The second-order valence-corrected chi connectivity index (χ2v) is 11.3. The first-order valence-corrected chi connectivity index (χ1v) is 13.4. The largest absolute Gasteiger partial charge is 0.337 e. The van der Waals surface area contributed by atoms with E-state index in [2.05, 4.69) is 36.6 Å². The third kappa shape index (κ3) is 5.36. The first kappa shape index (κ1) is 25.2. The smallest absolute Gasteiger partial charge is 0.255 e. The topological polar surface area (TPSA) is 43.9 Å². The summed E-state index contributed by atoms with van der Waals surface area (Å²) in [5.74, 6) is 1.74. The Balaban J connectivity index is 1.31. The fourth-order valence-electron chi connectivity index (χ4n) is 5.90. The van der Waals surface area contributed by atoms with Crippen molar-refractivity contribution in [3.05, 3.63) is 46.5 Å². The molecule has 0 radical (unpaired) electrons. The van der Waals surface area contributed by atoms with E-state index in [4.69, 9.17) is 11.6 Å². The molecule has 1 heterocycles. The Hall–Kier alpha value is -1.85. The normalized spacial score (nSPS) is 23.8. The predicted octanol–water partition coefficient (Wildman–Crippen LogP) is 5.11. The molecule has 2 fully saturated rings. The van der Waals surface area contributed by atoms with Crippen LogP contribution in [-0.2, 0) is 4.79 Å². The van der Waals surface area contributed by atoms with Crippen LogP contribution in [0.5, 0.6) is 0 Å². The summed E-state index contributed by atoms with van der Waals surface area (Å²) < 4.78 is 0. The molecule has 0 N–H and O–H groups in total. The van der Waals surface area contributed by atoms with Crippen molar-refractivity contribution in [3.63, 3.8) is 0 Å². The van der Waals surface area contributed by atoms with E-state index in [1.165, 1.54) is 12.0 Å². The number of benzene rings is 1. The molecular weight excluding hydrogens is 446 g/mol. The number of rotatable bonds is 9. The predicted molar refractivity (Wildman–Crippen MR) is 138 cm³/mol. The maximum Gasteiger partial charge on any atom is 0.255 e. The van der Waals surface area contributed by atoms with Crippen LogP contribution in [-0.4, -0.2) is 72.3 Å². The van der Waals surface area contributed by atoms with Gasteiger partial charge in [-0.15, -0.1) is 0 Å². The van der Waals surface area contributed by atoms with Crippen molar-refractivity contribution in [2.24, 2.45) is 17.3 Å². The van der Waals surface area contributed by atoms with Crippen molar-refractivity contribution in [3.8, 4) is 0 Å². The van der Waals surface area contributed by atoms with Gasteiger partial charge in [0.2, 0.25) is 5.91 Å². The highest BCUT2D eigenvalue weighted by molar-refractivity contribution is 6.33. The molecule has 2 bridgehead atoms. The minimum atomic E-state index is 0.00673. The SMILES string of the molecule is CCCCC(=O)N(CCN1CCN(C(=O)c2ccccc2Cl)CC1)CC1=CCC2CC1C2(C)C. The average Bonchev–Trinajstić information content (AvgIpc) is 2.85. The summed E-state index contributed by atoms with van der Waals surface area (Å²) in [6.45, 7) is 12.4. The maximum atomic E-state index is 13.1. The number of carbonyl (C=O) groups is 2. The molecule has 2 amide bonds. The number of unbranched alkanes of at least 4 members (excludes halogenated alkanes) is 1. The van der Waals surface area contributed by atoms with E-state index in [1.807, 2.05) is 17.0 Å². The number of fused-ring (bicyclic) bond motifs is 1. The summed E-state index contributed by atoms with van der Waals surface area (Å²) >= 11 is 6.23. The zero-order valence-electron chi connectivity index (χ0n) is 21.1. The van der Waals surface area contributed by atoms with Gasteiger partial charge in [0.15, 0.2) is 0 Å². The maximum absolute atomic E-state index is 13.1. The van der Waals surface area contributed by atoms with Gasteiger partial charge >= 0.3 is 0 Å². The summed E-state index contributed by atoms with van der Waals surface area (Å²) in [5.41, 5.74) is 2.44. The lowest BCUT2D eigenvalue weighted by Crippen LogP contribution is -2.52. The van der Waals surface area contributed by atoms with Crippen molar-refractivity contribution in [1.82, 2.24) is 14.7 Å². The van der Waals surface area contributed by atoms with Crippen molar-refractivity contribution in [2.75, 3.05) is 45.8 Å². The lowest BCUT2D eigenvalue weighted by molar-refractivity contribution is -0.131. The second-order valence-electron chi connectivity index (χ2n) is 10.9. The quantitative estimate of drug-likeness (QED) is 0.456. The first-order chi connectivity index (χ1) is 16.3. The monoisotopic (exact) mass is 485 g/mol. The van der Waals surface area contributed by atoms with E-state index in [-0.39, 0.29) is 11.8 Å². The molecule has 1 saturated heterocycles. The molecule has 0 spiro atoms. The minimum absolute atomic E-state index is 0.00673. The molecule has 3 aliphatic carbocycles. The van der Waals surface area contributed by atoms with Gasteiger partial charge in [-0.05, 0) is 48.6 Å². The molecule has 5 nitrogen and oxygen atoms in total. The number of allylic oxidation sites excluding steroid dienone is 1. The van der Waals surface area contributed by atoms with Crippen molar-refractivity contribution in [2.45, 2.75) is 52.9 Å². The van der Waals surface area contributed by atoms with E-state index in [0.29, 0.717) is 41.4 Å². The molecule has 1 saturated carbocycles. The number of carbonyl (C=O) groups excluding carboxylic acids is 2. The summed E-state index contributed by atoms with van der Waals surface area (Å²) in [6.07, 6.45) is 7.51. The molecule has 6 heteroatoms. The van der Waals surface area contributed by atoms with Crippen LogP contribution in [0.15, 0.2) is 35.9 Å². The Bertz CT molecular complexity index is 920. The number of hydrogen-bond donors (Lipinski definition) is 0. The van der Waals surface area contributed by atoms with E-state index >= 15 is 0 Å². The molecule has 186 valence electrons. The molecule has 1 aliphatic heterocycles. The van der Waals surface area contributed by atoms with Crippen molar-refractivity contribution < 1.29 is 9.59 Å².